The minimum atomic E-state index is -2.55. The van der Waals surface area contributed by atoms with Crippen LogP contribution < -0.4 is 69.3 Å². The van der Waals surface area contributed by atoms with Gasteiger partial charge in [-0.15, -0.1) is 23.5 Å². The number of hydrogen-bond donors (Lipinski definition) is 13. The van der Waals surface area contributed by atoms with Gasteiger partial charge in [-0.1, -0.05) is 56.8 Å². The predicted octanol–water partition coefficient (Wildman–Crippen LogP) is 13.8. The monoisotopic (exact) mass is 2010 g/mol. The molecule has 0 atom stereocenters. The van der Waals surface area contributed by atoms with Crippen LogP contribution in [0.1, 0.15) is 302 Å². The zero-order chi connectivity index (χ0) is 98.1. The Labute approximate surface area is 839 Å². The van der Waals surface area contributed by atoms with Gasteiger partial charge in [-0.2, -0.15) is 11.8 Å². The number of cyclic esters (lactones) is 3. The van der Waals surface area contributed by atoms with E-state index in [1.807, 2.05) is 41.2 Å². The molecule has 25 aliphatic rings. The van der Waals surface area contributed by atoms with Crippen LogP contribution in [0.3, 0.4) is 0 Å². The Balaban J connectivity index is 0.000000484. The number of carbonyl (C=O) groups excluding carboxylic acids is 7. The van der Waals surface area contributed by atoms with Crippen LogP contribution in [-0.2, 0) is 76.5 Å². The number of alkyl carbamates (subject to hydrolysis) is 1. The number of ether oxygens (including phenoxy) is 8. The van der Waals surface area contributed by atoms with Gasteiger partial charge in [-0.3, -0.25) is 49.6 Å². The summed E-state index contributed by atoms with van der Waals surface area (Å²) in [4.78, 5) is 78.6. The average Bonchev–Trinajstić information content (AvgIpc) is 1.77. The second-order valence-corrected chi connectivity index (χ2v) is 40.4. The zero-order valence-corrected chi connectivity index (χ0v) is 87.6. The van der Waals surface area contributed by atoms with Crippen molar-refractivity contribution < 1.29 is 79.9 Å². The fourth-order valence-corrected chi connectivity index (χ4v) is 17.5. The SMILES string of the molecule is C1=CCNC1.C1=CNCCC1.C1=CSC=CN1.C1=NCCN1.C1=NCCO1.C1CC1.C1CC2CCC1O2.C1CCNC1.C1CCNCC1.C1CCNCC1.C1CCOC1.C1CCOCC1.C1CCSCC1.C1CNNC1.C1COCCN1.C1CSCN1.O=C1CCCC1.O=C1CCCC1.O=C1CCCC1.O=C1CCCN1.O=C1CCCO1.O=C1CCCO1.O=C1NCCCO1.O=S1(=O)CCCC1. The Morgan fingerprint density at radius 3 is 0.964 bits per heavy atom. The van der Waals surface area contributed by atoms with Crippen molar-refractivity contribution in [3.8, 4) is 0 Å². The maximum absolute atomic E-state index is 10.4. The van der Waals surface area contributed by atoms with Crippen LogP contribution in [0.25, 0.3) is 0 Å². The normalized spacial score (nSPS) is 23.7. The van der Waals surface area contributed by atoms with Crippen molar-refractivity contribution in [3.05, 3.63) is 47.6 Å². The zero-order valence-electron chi connectivity index (χ0n) is 84.4. The van der Waals surface area contributed by atoms with Crippen molar-refractivity contribution >= 4 is 99.2 Å². The van der Waals surface area contributed by atoms with Gasteiger partial charge < -0.3 is 96.4 Å². The number of esters is 2. The number of sulfone groups is 1. The van der Waals surface area contributed by atoms with Crippen molar-refractivity contribution in [1.29, 1.82) is 0 Å². The average molecular weight is 2010 g/mol. The lowest BCUT2D eigenvalue weighted by Gasteiger charge is -2.10. The summed E-state index contributed by atoms with van der Waals surface area (Å²) in [6, 6.07) is 0. The number of fused-ring (bicyclic) bond motifs is 2. The number of ketones is 3. The topological polar surface area (TPSA) is 409 Å². The lowest BCUT2D eigenvalue weighted by molar-refractivity contribution is -0.138. The van der Waals surface area contributed by atoms with Gasteiger partial charge in [0, 0.05) is 180 Å². The number of nitrogens with one attached hydrogen (secondary N) is 13. The summed E-state index contributed by atoms with van der Waals surface area (Å²) in [6.07, 6.45) is 71.7. The molecule has 0 unspecified atom stereocenters. The lowest BCUT2D eigenvalue weighted by Crippen LogP contribution is -2.31. The molecule has 2 bridgehead atoms. The number of rotatable bonds is 0. The number of aliphatic imine (C=N–C) groups is 2. The third-order valence-corrected chi connectivity index (χ3v) is 26.5. The van der Waals surface area contributed by atoms with Crippen molar-refractivity contribution in [1.82, 2.24) is 69.3 Å². The van der Waals surface area contributed by atoms with E-state index in [1.165, 1.54) is 242 Å². The molecular weight excluding hydrogens is 1820 g/mol. The third-order valence-electron chi connectivity index (χ3n) is 22.0. The van der Waals surface area contributed by atoms with Crippen molar-refractivity contribution in [2.24, 2.45) is 9.98 Å². The Bertz CT molecular complexity index is 2560. The fraction of sp³-hybridized carbons (Fsp3) is 0.832. The highest BCUT2D eigenvalue weighted by Crippen LogP contribution is 2.33. The molecule has 13 N–H and O–H groups in total. The summed E-state index contributed by atoms with van der Waals surface area (Å²) < 4.78 is 59.6. The van der Waals surface area contributed by atoms with E-state index < -0.39 is 9.84 Å². The van der Waals surface area contributed by atoms with E-state index in [0.717, 1.165) is 247 Å². The van der Waals surface area contributed by atoms with Gasteiger partial charge in [0.2, 0.25) is 5.91 Å². The molecule has 0 aromatic heterocycles. The smallest absolute Gasteiger partial charge is 0.407 e. The van der Waals surface area contributed by atoms with Crippen molar-refractivity contribution in [2.75, 3.05) is 225 Å². The first kappa shape index (κ1) is 128. The number of morpholine rings is 1. The van der Waals surface area contributed by atoms with Crippen LogP contribution in [0, 0.1) is 0 Å². The van der Waals surface area contributed by atoms with E-state index in [-0.39, 0.29) is 23.9 Å². The third kappa shape index (κ3) is 102. The fourth-order valence-electron chi connectivity index (χ4n) is 13.9. The van der Waals surface area contributed by atoms with Gasteiger partial charge in [0.25, 0.3) is 0 Å². The summed E-state index contributed by atoms with van der Waals surface area (Å²) in [5.74, 6) is 7.63. The first-order valence-electron chi connectivity index (χ1n) is 53.0. The van der Waals surface area contributed by atoms with E-state index in [0.29, 0.717) is 73.7 Å². The van der Waals surface area contributed by atoms with E-state index >= 15 is 0 Å². The molecule has 20 fully saturated rings. The Morgan fingerprint density at radius 2 is 0.818 bits per heavy atom. The van der Waals surface area contributed by atoms with Gasteiger partial charge in [-0.05, 0) is 273 Å². The first-order valence-corrected chi connectivity index (χ1v) is 58.0. The highest BCUT2D eigenvalue weighted by molar-refractivity contribution is 8.04. The van der Waals surface area contributed by atoms with Gasteiger partial charge in [-0.25, -0.2) is 13.2 Å². The second kappa shape index (κ2) is 104. The predicted molar refractivity (Wildman–Crippen MR) is 565 cm³/mol. The molecule has 794 valence electrons. The van der Waals surface area contributed by atoms with Gasteiger partial charge in [0.05, 0.1) is 76.2 Å². The standard InChI is InChI=1S/C6H10O.2C5H11N.C5H9N.C5H10O.3C5H8O.C5H10S.C4H7NO2.C4H9NO.C4H7NO.C4H5NS.C4H9N.C4H7N.C4H8O2S.2C4H6O2.C4H8O.C3H6N2.C3H8N2.C3H5NO.C3H7NS.C3H6/c1-2-6-4-3-5(1)7-6;4*1-2-4-6-5-3-1;3*6-5-3-1-2-4-5;1-2-4-6-5-3-1;6-4-5-2-1-3-7-4;1-3-6-4-2-5-1;6-4-2-1-3-5-4;1-3-6-4-2-5-1;2*1-2-4-5-3-1;5-7(6)3-1-2-4-7;2*5-4-2-1-3-6-4;1-2-4-5-3-1;1-2-5-3-4-1;1-2-4-5-3-1;2*1-2-5-3-4-1;1-2-3-1/h5-6H,1-4H2;2*6H,1-5H2;2,4,6H,1,3,5H2;1-5H2;3*1-4H2;1-5H2;1-3H2,(H,5,6);5H,1-4H2;1-3H2,(H,5,6);1-5H;5H,1-4H2;1-2,5H,3-4H2;1-4H2;2*1-3H2;1-4H2;3H,1-2H2,(H,4,5);4-5H,1-3H2;3H,1-2H2;4H,1-3H2;1-3H2. The van der Waals surface area contributed by atoms with Crippen molar-refractivity contribution in [3.63, 3.8) is 0 Å². The Morgan fingerprint density at radius 1 is 0.336 bits per heavy atom. The number of thioether (sulfide) groups is 3. The van der Waals surface area contributed by atoms with E-state index in [1.54, 1.807) is 18.1 Å². The molecule has 0 aromatic rings. The van der Waals surface area contributed by atoms with Gasteiger partial charge >= 0.3 is 18.0 Å². The van der Waals surface area contributed by atoms with Crippen LogP contribution in [0.2, 0.25) is 0 Å². The van der Waals surface area contributed by atoms with Crippen molar-refractivity contribution in [2.45, 2.75) is 314 Å². The molecule has 32 nitrogen and oxygen atoms in total. The summed E-state index contributed by atoms with van der Waals surface area (Å²) in [7, 11) is -2.55. The highest BCUT2D eigenvalue weighted by Gasteiger charge is 2.31. The molecule has 25 rings (SSSR count). The molecule has 16 saturated heterocycles. The molecule has 36 heteroatoms. The van der Waals surface area contributed by atoms with Gasteiger partial charge in [0.15, 0.2) is 6.40 Å². The molecule has 4 saturated carbocycles. The molecule has 0 aromatic carbocycles. The van der Waals surface area contributed by atoms with Crippen LogP contribution in [0.5, 0.6) is 0 Å². The summed E-state index contributed by atoms with van der Waals surface area (Å²) in [6.45, 7) is 29.2. The van der Waals surface area contributed by atoms with Crippen LogP contribution in [0.15, 0.2) is 57.6 Å². The van der Waals surface area contributed by atoms with Crippen LogP contribution >= 0.6 is 35.3 Å². The maximum Gasteiger partial charge on any atom is 0.407 e. The van der Waals surface area contributed by atoms with E-state index in [2.05, 4.69) is 128 Å². The molecule has 0 radical (unpaired) electrons. The molecule has 0 spiro atoms. The largest absolute Gasteiger partial charge is 0.482 e. The molecule has 21 aliphatic heterocycles. The van der Waals surface area contributed by atoms with E-state index in [4.69, 9.17) is 18.9 Å². The number of hydrogen-bond acceptors (Lipinski definition) is 33. The summed E-state index contributed by atoms with van der Waals surface area (Å²) in [5.41, 5.74) is 5.94. The molecule has 4 aliphatic carbocycles. The van der Waals surface area contributed by atoms with Crippen LogP contribution in [0.4, 0.5) is 4.79 Å². The minimum Gasteiger partial charge on any atom is -0.482 e. The van der Waals surface area contributed by atoms with Crippen LogP contribution in [-0.4, -0.2) is 300 Å². The molecule has 2 amide bonds. The Hall–Kier alpha value is -5.29. The molecule has 137 heavy (non-hydrogen) atoms. The van der Waals surface area contributed by atoms with Gasteiger partial charge in [0.1, 0.15) is 33.8 Å². The second-order valence-electron chi connectivity index (χ2n) is 35.0. The highest BCUT2D eigenvalue weighted by atomic mass is 32.2. The summed E-state index contributed by atoms with van der Waals surface area (Å²) >= 11 is 5.73. The minimum absolute atomic E-state index is 0.0463. The number of hydrazine groups is 1. The number of Topliss-reactive ketones (excluding diaryl/α,β-unsaturated/α-hetero) is 3. The maximum atomic E-state index is 10.4. The quantitative estimate of drug-likeness (QED) is 0.0608. The number of allylic oxidation sites excluding steroid dienone is 1. The number of amides is 2. The number of nitrogens with zero attached hydrogens (tertiary/aromatic N) is 2. The number of piperidine rings is 2. The van der Waals surface area contributed by atoms with E-state index in [9.17, 15) is 42.0 Å². The Kier molecular flexibility index (Phi) is 96.6. The molecule has 21 heterocycles. The lowest BCUT2D eigenvalue weighted by atomic mass is 10.0. The molecular formula is C101H189N15O17S4. The number of carbonyl (C=O) groups is 7. The first-order chi connectivity index (χ1) is 67.4. The summed E-state index contributed by atoms with van der Waals surface area (Å²) in [5, 5.41) is 37.4.